The van der Waals surface area contributed by atoms with Crippen LogP contribution in [0.2, 0.25) is 0 Å². The zero-order valence-electron chi connectivity index (χ0n) is 8.06. The van der Waals surface area contributed by atoms with E-state index in [1.54, 1.807) is 19.1 Å². The van der Waals surface area contributed by atoms with E-state index >= 15 is 0 Å². The molecule has 5 nitrogen and oxygen atoms in total. The second-order valence-corrected chi connectivity index (χ2v) is 3.14. The van der Waals surface area contributed by atoms with E-state index in [2.05, 4.69) is 15.2 Å². The number of hydrogen-bond acceptors (Lipinski definition) is 4. The van der Waals surface area contributed by atoms with Crippen molar-refractivity contribution in [3.8, 4) is 17.0 Å². The predicted octanol–water partition coefficient (Wildman–Crippen LogP) is 0.846. The van der Waals surface area contributed by atoms with Gasteiger partial charge >= 0.3 is 0 Å². The van der Waals surface area contributed by atoms with Crippen LogP contribution in [-0.4, -0.2) is 20.3 Å². The first-order chi connectivity index (χ1) is 7.16. The minimum atomic E-state index is -0.284. The average Bonchev–Trinajstić information content (AvgIpc) is 2.20. The summed E-state index contributed by atoms with van der Waals surface area (Å²) in [4.78, 5) is 14.1. The Kier molecular flexibility index (Phi) is 2.21. The van der Waals surface area contributed by atoms with Crippen LogP contribution in [0.5, 0.6) is 5.75 Å². The monoisotopic (exact) mass is 203 g/mol. The molecule has 0 aliphatic carbocycles. The SMILES string of the molecule is Cc1nnc(-c2ccc(O)cc2)c(=O)[nH]1. The molecule has 2 N–H and O–H groups in total. The molecule has 0 aliphatic heterocycles. The molecule has 0 amide bonds. The molecule has 2 aromatic rings. The number of phenols is 1. The first-order valence-electron chi connectivity index (χ1n) is 4.40. The van der Waals surface area contributed by atoms with Crippen molar-refractivity contribution in [1.82, 2.24) is 15.2 Å². The van der Waals surface area contributed by atoms with Crippen molar-refractivity contribution in [2.45, 2.75) is 6.92 Å². The van der Waals surface area contributed by atoms with Gasteiger partial charge < -0.3 is 10.1 Å². The molecule has 0 radical (unpaired) electrons. The van der Waals surface area contributed by atoms with Gasteiger partial charge in [0, 0.05) is 5.56 Å². The molecular formula is C10H9N3O2. The average molecular weight is 203 g/mol. The van der Waals surface area contributed by atoms with Gasteiger partial charge in [-0.1, -0.05) is 0 Å². The molecule has 0 unspecified atom stereocenters. The van der Waals surface area contributed by atoms with Crippen molar-refractivity contribution in [3.05, 3.63) is 40.4 Å². The molecule has 1 heterocycles. The summed E-state index contributed by atoms with van der Waals surface area (Å²) < 4.78 is 0. The Morgan fingerprint density at radius 2 is 1.87 bits per heavy atom. The summed E-state index contributed by atoms with van der Waals surface area (Å²) in [5.41, 5.74) is 0.593. The molecule has 1 aromatic carbocycles. The normalized spacial score (nSPS) is 10.2. The second-order valence-electron chi connectivity index (χ2n) is 3.14. The molecule has 0 aliphatic rings. The number of nitrogens with zero attached hydrogens (tertiary/aromatic N) is 2. The van der Waals surface area contributed by atoms with E-state index < -0.39 is 0 Å². The van der Waals surface area contributed by atoms with Gasteiger partial charge in [0.1, 0.15) is 11.6 Å². The van der Waals surface area contributed by atoms with Crippen LogP contribution in [0.15, 0.2) is 29.1 Å². The first-order valence-corrected chi connectivity index (χ1v) is 4.40. The van der Waals surface area contributed by atoms with Crippen LogP contribution < -0.4 is 5.56 Å². The highest BCUT2D eigenvalue weighted by Crippen LogP contribution is 2.16. The number of phenolic OH excluding ortho intramolecular Hbond substituents is 1. The van der Waals surface area contributed by atoms with Gasteiger partial charge in [-0.2, -0.15) is 0 Å². The van der Waals surface area contributed by atoms with Crippen LogP contribution in [0, 0.1) is 6.92 Å². The second kappa shape index (κ2) is 3.53. The van der Waals surface area contributed by atoms with Crippen LogP contribution in [0.25, 0.3) is 11.3 Å². The number of aromatic amines is 1. The Hall–Kier alpha value is -2.17. The summed E-state index contributed by atoms with van der Waals surface area (Å²) in [7, 11) is 0. The summed E-state index contributed by atoms with van der Waals surface area (Å²) in [6.45, 7) is 1.66. The van der Waals surface area contributed by atoms with E-state index in [0.29, 0.717) is 11.4 Å². The van der Waals surface area contributed by atoms with Crippen molar-refractivity contribution in [1.29, 1.82) is 0 Å². The van der Waals surface area contributed by atoms with E-state index in [1.165, 1.54) is 12.1 Å². The van der Waals surface area contributed by atoms with E-state index in [1.807, 2.05) is 0 Å². The summed E-state index contributed by atoms with van der Waals surface area (Å²) >= 11 is 0. The van der Waals surface area contributed by atoms with Crippen molar-refractivity contribution < 1.29 is 5.11 Å². The van der Waals surface area contributed by atoms with Gasteiger partial charge in [-0.05, 0) is 31.2 Å². The summed E-state index contributed by atoms with van der Waals surface area (Å²) in [6.07, 6.45) is 0. The highest BCUT2D eigenvalue weighted by Gasteiger charge is 2.05. The lowest BCUT2D eigenvalue weighted by molar-refractivity contribution is 0.475. The molecule has 76 valence electrons. The van der Waals surface area contributed by atoms with Crippen molar-refractivity contribution in [3.63, 3.8) is 0 Å². The maximum atomic E-state index is 11.5. The standard InChI is InChI=1S/C10H9N3O2/c1-6-11-10(15)9(13-12-6)7-2-4-8(14)5-3-7/h2-5,14H,1H3,(H,11,12,15). The number of H-pyrrole nitrogens is 1. The minimum absolute atomic E-state index is 0.148. The quantitative estimate of drug-likeness (QED) is 0.720. The van der Waals surface area contributed by atoms with Gasteiger partial charge in [-0.25, -0.2) is 0 Å². The first kappa shape index (κ1) is 9.39. The van der Waals surface area contributed by atoms with E-state index in [-0.39, 0.29) is 17.0 Å². The van der Waals surface area contributed by atoms with Gasteiger partial charge in [-0.3, -0.25) is 4.79 Å². The minimum Gasteiger partial charge on any atom is -0.508 e. The molecule has 5 heteroatoms. The van der Waals surface area contributed by atoms with Crippen molar-refractivity contribution in [2.24, 2.45) is 0 Å². The zero-order valence-corrected chi connectivity index (χ0v) is 8.06. The zero-order chi connectivity index (χ0) is 10.8. The van der Waals surface area contributed by atoms with Crippen LogP contribution in [-0.2, 0) is 0 Å². The molecule has 15 heavy (non-hydrogen) atoms. The third kappa shape index (κ3) is 1.85. The Balaban J connectivity index is 2.55. The van der Waals surface area contributed by atoms with Crippen LogP contribution in [0.1, 0.15) is 5.82 Å². The number of hydrogen-bond donors (Lipinski definition) is 2. The molecular weight excluding hydrogens is 194 g/mol. The topological polar surface area (TPSA) is 78.9 Å². The van der Waals surface area contributed by atoms with Gasteiger partial charge in [0.15, 0.2) is 5.69 Å². The molecule has 2 rings (SSSR count). The fourth-order valence-corrected chi connectivity index (χ4v) is 1.23. The van der Waals surface area contributed by atoms with Gasteiger partial charge in [0.05, 0.1) is 0 Å². The fourth-order valence-electron chi connectivity index (χ4n) is 1.23. The van der Waals surface area contributed by atoms with Gasteiger partial charge in [0.25, 0.3) is 5.56 Å². The Morgan fingerprint density at radius 3 is 2.47 bits per heavy atom. The molecule has 0 spiro atoms. The maximum absolute atomic E-state index is 11.5. The smallest absolute Gasteiger partial charge is 0.277 e. The highest BCUT2D eigenvalue weighted by atomic mass is 16.3. The summed E-state index contributed by atoms with van der Waals surface area (Å²) in [5, 5.41) is 16.7. The number of aromatic hydroxyl groups is 1. The van der Waals surface area contributed by atoms with Crippen molar-refractivity contribution in [2.75, 3.05) is 0 Å². The van der Waals surface area contributed by atoms with Crippen LogP contribution in [0.3, 0.4) is 0 Å². The molecule has 1 aromatic heterocycles. The number of nitrogens with one attached hydrogen (secondary N) is 1. The van der Waals surface area contributed by atoms with E-state index in [9.17, 15) is 4.79 Å². The third-order valence-electron chi connectivity index (χ3n) is 1.95. The molecule has 0 atom stereocenters. The molecule has 0 saturated heterocycles. The predicted molar refractivity (Wildman–Crippen MR) is 54.5 cm³/mol. The van der Waals surface area contributed by atoms with Gasteiger partial charge in [-0.15, -0.1) is 10.2 Å². The number of benzene rings is 1. The molecule has 0 bridgehead atoms. The van der Waals surface area contributed by atoms with E-state index in [4.69, 9.17) is 5.11 Å². The Bertz CT molecular complexity index is 531. The fraction of sp³-hybridized carbons (Fsp3) is 0.100. The number of aryl methyl sites for hydroxylation is 1. The lowest BCUT2D eigenvalue weighted by Crippen LogP contribution is -2.14. The van der Waals surface area contributed by atoms with Crippen LogP contribution in [0.4, 0.5) is 0 Å². The Labute approximate surface area is 85.4 Å². The summed E-state index contributed by atoms with van der Waals surface area (Å²) in [6, 6.07) is 6.22. The van der Waals surface area contributed by atoms with E-state index in [0.717, 1.165) is 0 Å². The third-order valence-corrected chi connectivity index (χ3v) is 1.95. The lowest BCUT2D eigenvalue weighted by Gasteiger charge is -1.99. The molecule has 0 fully saturated rings. The number of aromatic nitrogens is 3. The van der Waals surface area contributed by atoms with Gasteiger partial charge in [0.2, 0.25) is 0 Å². The Morgan fingerprint density at radius 1 is 1.20 bits per heavy atom. The molecule has 0 saturated carbocycles. The maximum Gasteiger partial charge on any atom is 0.277 e. The number of rotatable bonds is 1. The van der Waals surface area contributed by atoms with Crippen LogP contribution >= 0.6 is 0 Å². The summed E-state index contributed by atoms with van der Waals surface area (Å²) in [5.74, 6) is 0.623. The highest BCUT2D eigenvalue weighted by molar-refractivity contribution is 5.58. The lowest BCUT2D eigenvalue weighted by atomic mass is 10.1. The largest absolute Gasteiger partial charge is 0.508 e. The van der Waals surface area contributed by atoms with Crippen molar-refractivity contribution >= 4 is 0 Å².